The smallest absolute Gasteiger partial charge is 0.459 e. The van der Waals surface area contributed by atoms with Gasteiger partial charge < -0.3 is 9.47 Å². The summed E-state index contributed by atoms with van der Waals surface area (Å²) in [5, 5.41) is -5.01. The van der Waals surface area contributed by atoms with Crippen LogP contribution in [-0.4, -0.2) is 42.5 Å². The molecule has 7 nitrogen and oxygen atoms in total. The number of hydrogen-bond acceptors (Lipinski definition) is 6. The molecule has 37 heavy (non-hydrogen) atoms. The molecule has 0 bridgehead atoms. The number of rotatable bonds is 11. The zero-order valence-electron chi connectivity index (χ0n) is 19.8. The lowest BCUT2D eigenvalue weighted by atomic mass is 10.4. The van der Waals surface area contributed by atoms with Crippen LogP contribution in [0.4, 0.5) is 8.78 Å². The lowest BCUT2D eigenvalue weighted by Gasteiger charge is -2.35. The molecule has 0 aliphatic carbocycles. The average Bonchev–Trinajstić information content (AvgIpc) is 2.90. The van der Waals surface area contributed by atoms with Gasteiger partial charge in [-0.1, -0.05) is 61.2 Å². The van der Waals surface area contributed by atoms with Gasteiger partial charge in [0, 0.05) is 5.57 Å². The van der Waals surface area contributed by atoms with E-state index < -0.39 is 50.8 Å². The van der Waals surface area contributed by atoms with Crippen molar-refractivity contribution in [2.75, 3.05) is 13.2 Å². The van der Waals surface area contributed by atoms with E-state index in [1.807, 2.05) is 0 Å². The van der Waals surface area contributed by atoms with E-state index >= 15 is 8.78 Å². The van der Waals surface area contributed by atoms with Crippen molar-refractivity contribution in [1.82, 2.24) is 0 Å². The minimum atomic E-state index is -5.80. The highest BCUT2D eigenvalue weighted by atomic mass is 32.3. The van der Waals surface area contributed by atoms with Gasteiger partial charge in [-0.3, -0.25) is 3.63 Å². The highest BCUT2D eigenvalue weighted by molar-refractivity contribution is 8.32. The largest absolute Gasteiger partial charge is 0.514 e. The number of halogens is 2. The van der Waals surface area contributed by atoms with Crippen LogP contribution in [0.5, 0.6) is 0 Å². The molecule has 11 heteroatoms. The van der Waals surface area contributed by atoms with Gasteiger partial charge in [0.05, 0.1) is 25.0 Å². The first kappa shape index (κ1) is 28.0. The first-order chi connectivity index (χ1) is 17.5. The quantitative estimate of drug-likeness (QED) is 0.102. The van der Waals surface area contributed by atoms with Crippen molar-refractivity contribution in [1.29, 1.82) is 0 Å². The summed E-state index contributed by atoms with van der Waals surface area (Å²) in [4.78, 5) is 24.7. The highest BCUT2D eigenvalue weighted by Gasteiger charge is 2.63. The number of esters is 2. The van der Waals surface area contributed by atoms with Crippen LogP contribution >= 0.6 is 10.3 Å². The molecule has 0 fully saturated rings. The Morgan fingerprint density at radius 1 is 0.784 bits per heavy atom. The standard InChI is InChI=1S/C26H24F2O7S2/c1-20(2)24(29)33-18-19-34-25(30)26(27,28)37(31,32)35-36(21-12-6-3-7-13-21,22-14-8-4-9-15-22)23-16-10-5-11-17-23/h3-17H,1,18-19H2,2H3/p+1. The topological polar surface area (TPSA) is 99.5 Å². The van der Waals surface area contributed by atoms with E-state index in [0.29, 0.717) is 14.7 Å². The van der Waals surface area contributed by atoms with Crippen LogP contribution in [0, 0.1) is 0 Å². The molecule has 3 rings (SSSR count). The second kappa shape index (κ2) is 11.7. The highest BCUT2D eigenvalue weighted by Crippen LogP contribution is 2.68. The summed E-state index contributed by atoms with van der Waals surface area (Å²) in [6.07, 6.45) is 0. The predicted molar refractivity (Wildman–Crippen MR) is 135 cm³/mol. The number of carbonyl (C=O) groups excluding carboxylic acids is 2. The molecule has 196 valence electrons. The Hall–Kier alpha value is -3.54. The van der Waals surface area contributed by atoms with Crippen molar-refractivity contribution in [3.8, 4) is 0 Å². The van der Waals surface area contributed by atoms with Crippen LogP contribution in [0.15, 0.2) is 118 Å². The van der Waals surface area contributed by atoms with Gasteiger partial charge in [-0.2, -0.15) is 8.78 Å². The zero-order chi connectivity index (χ0) is 27.1. The van der Waals surface area contributed by atoms with Crippen molar-refractivity contribution in [2.45, 2.75) is 26.9 Å². The fourth-order valence-electron chi connectivity index (χ4n) is 3.16. The van der Waals surface area contributed by atoms with E-state index in [-0.39, 0.29) is 5.57 Å². The lowest BCUT2D eigenvalue weighted by molar-refractivity contribution is -0.164. The maximum atomic E-state index is 15.1. The van der Waals surface area contributed by atoms with E-state index in [9.17, 15) is 18.0 Å². The molecule has 0 saturated carbocycles. The van der Waals surface area contributed by atoms with Crippen LogP contribution in [-0.2, 0) is 29.2 Å². The Morgan fingerprint density at radius 3 is 1.54 bits per heavy atom. The molecule has 0 spiro atoms. The summed E-state index contributed by atoms with van der Waals surface area (Å²) in [5.41, 5.74) is 0.0556. The number of carbonyl (C=O) groups is 2. The number of benzene rings is 3. The lowest BCUT2D eigenvalue weighted by Crippen LogP contribution is -2.42. The van der Waals surface area contributed by atoms with E-state index in [0.717, 1.165) is 0 Å². The van der Waals surface area contributed by atoms with Gasteiger partial charge in [-0.25, -0.2) is 9.59 Å². The average molecular weight is 552 g/mol. The van der Waals surface area contributed by atoms with E-state index in [2.05, 4.69) is 19.7 Å². The van der Waals surface area contributed by atoms with Crippen molar-refractivity contribution in [3.05, 3.63) is 103 Å². The SMILES string of the molecule is C=C(C)C(=O)OCCOC(=O)C(F)(F)S(=O)(=O)[OH+]S(c1ccccc1)(c1ccccc1)c1ccccc1. The number of alkyl halides is 2. The van der Waals surface area contributed by atoms with Crippen molar-refractivity contribution in [3.63, 3.8) is 0 Å². The van der Waals surface area contributed by atoms with E-state index in [1.54, 1.807) is 91.0 Å². The molecule has 0 aliphatic heterocycles. The van der Waals surface area contributed by atoms with Crippen molar-refractivity contribution >= 4 is 32.4 Å². The Bertz CT molecular complexity index is 1250. The summed E-state index contributed by atoms with van der Waals surface area (Å²) in [5.74, 6) is -3.14. The van der Waals surface area contributed by atoms with Crippen LogP contribution < -0.4 is 0 Å². The Morgan fingerprint density at radius 2 is 1.16 bits per heavy atom. The van der Waals surface area contributed by atoms with Crippen LogP contribution in [0.2, 0.25) is 0 Å². The van der Waals surface area contributed by atoms with Gasteiger partial charge >= 0.3 is 27.3 Å². The predicted octanol–water partition coefficient (Wildman–Crippen LogP) is 5.56. The summed E-state index contributed by atoms with van der Waals surface area (Å²) in [6.45, 7) is 3.39. The summed E-state index contributed by atoms with van der Waals surface area (Å²) in [7, 11) is -8.98. The van der Waals surface area contributed by atoms with E-state index in [4.69, 9.17) is 0 Å². The van der Waals surface area contributed by atoms with Gasteiger partial charge in [0.1, 0.15) is 13.2 Å². The van der Waals surface area contributed by atoms with Crippen LogP contribution in [0.3, 0.4) is 0 Å². The normalized spacial score (nSPS) is 12.4. The molecular formula is C26H25F2O7S2+. The molecule has 0 atom stereocenters. The van der Waals surface area contributed by atoms with Gasteiger partial charge in [0.25, 0.3) is 0 Å². The summed E-state index contributed by atoms with van der Waals surface area (Å²) in [6, 6.07) is 24.5. The molecule has 0 aromatic heterocycles. The first-order valence-corrected chi connectivity index (χ1v) is 13.9. The second-order valence-electron chi connectivity index (χ2n) is 7.64. The first-order valence-electron chi connectivity index (χ1n) is 10.9. The third-order valence-corrected chi connectivity index (χ3v) is 10.3. The van der Waals surface area contributed by atoms with Gasteiger partial charge in [-0.15, -0.1) is 8.42 Å². The van der Waals surface area contributed by atoms with E-state index in [1.165, 1.54) is 6.92 Å². The maximum Gasteiger partial charge on any atom is 0.514 e. The van der Waals surface area contributed by atoms with Crippen molar-refractivity contribution in [2.24, 2.45) is 0 Å². The molecule has 0 amide bonds. The molecule has 0 radical (unpaired) electrons. The minimum absolute atomic E-state index is 0.0556. The molecule has 0 aliphatic rings. The Kier molecular flexibility index (Phi) is 8.85. The molecule has 0 saturated heterocycles. The summed E-state index contributed by atoms with van der Waals surface area (Å²) >= 11 is 0. The molecule has 3 aromatic carbocycles. The molecule has 1 N–H and O–H groups in total. The van der Waals surface area contributed by atoms with Gasteiger partial charge in [-0.05, 0) is 43.3 Å². The third-order valence-electron chi connectivity index (χ3n) is 4.92. The zero-order valence-corrected chi connectivity index (χ0v) is 21.4. The summed E-state index contributed by atoms with van der Waals surface area (Å²) < 4.78 is 69.5. The van der Waals surface area contributed by atoms with Gasteiger partial charge in [0.15, 0.2) is 0 Å². The molecular weight excluding hydrogens is 526 g/mol. The van der Waals surface area contributed by atoms with Crippen LogP contribution in [0.25, 0.3) is 0 Å². The minimum Gasteiger partial charge on any atom is -0.459 e. The number of ether oxygens (including phenoxy) is 2. The second-order valence-corrected chi connectivity index (χ2v) is 12.3. The molecule has 3 aromatic rings. The molecule has 0 heterocycles. The number of hydrogen-bond donors (Lipinski definition) is 0. The molecule has 0 unspecified atom stereocenters. The van der Waals surface area contributed by atoms with Crippen molar-refractivity contribution < 1.29 is 39.9 Å². The Labute approximate surface area is 215 Å². The monoisotopic (exact) mass is 551 g/mol. The van der Waals surface area contributed by atoms with Gasteiger partial charge in [0.2, 0.25) is 0 Å². The maximum absolute atomic E-state index is 15.1. The third kappa shape index (κ3) is 6.07. The fourth-order valence-corrected chi connectivity index (χ4v) is 8.49. The van der Waals surface area contributed by atoms with Crippen LogP contribution in [0.1, 0.15) is 6.92 Å². The Balaban J connectivity index is 2.01. The fraction of sp³-hybridized carbons (Fsp3) is 0.154.